The van der Waals surface area contributed by atoms with Gasteiger partial charge in [0, 0.05) is 19.5 Å². The van der Waals surface area contributed by atoms with Gasteiger partial charge in [-0.3, -0.25) is 19.2 Å². The van der Waals surface area contributed by atoms with E-state index in [0.717, 1.165) is 12.8 Å². The minimum Gasteiger partial charge on any atom is -0.466 e. The van der Waals surface area contributed by atoms with Crippen LogP contribution in [0.1, 0.15) is 51.5 Å². The average molecular weight is 506 g/mol. The van der Waals surface area contributed by atoms with Crippen LogP contribution in [-0.4, -0.2) is 66.1 Å². The summed E-state index contributed by atoms with van der Waals surface area (Å²) in [6.45, 7) is 5.30. The molecule has 1 fully saturated rings. The van der Waals surface area contributed by atoms with Crippen molar-refractivity contribution in [1.82, 2.24) is 15.5 Å². The van der Waals surface area contributed by atoms with E-state index in [0.29, 0.717) is 25.4 Å². The number of esters is 2. The Hall–Kier alpha value is -3.01. The quantitative estimate of drug-likeness (QED) is 0.252. The van der Waals surface area contributed by atoms with Gasteiger partial charge in [-0.1, -0.05) is 44.2 Å². The molecule has 35 heavy (non-hydrogen) atoms. The van der Waals surface area contributed by atoms with Gasteiger partial charge in [0.05, 0.1) is 26.1 Å². The molecule has 0 aliphatic carbocycles. The molecule has 0 saturated carbocycles. The SMILES string of the molecule is CC(C)CCOC(=O)CC1C(=O)NCCN1C(=S)NC(=O)CCC(=O)OCCCc1ccccc1. The highest BCUT2D eigenvalue weighted by molar-refractivity contribution is 7.80. The van der Waals surface area contributed by atoms with Crippen LogP contribution in [0.5, 0.6) is 0 Å². The molecule has 1 aromatic carbocycles. The summed E-state index contributed by atoms with van der Waals surface area (Å²) in [5, 5.41) is 5.30. The van der Waals surface area contributed by atoms with Crippen molar-refractivity contribution < 1.29 is 28.7 Å². The Morgan fingerprint density at radius 1 is 1.11 bits per heavy atom. The molecule has 2 amide bonds. The average Bonchev–Trinajstić information content (AvgIpc) is 2.82. The molecule has 0 radical (unpaired) electrons. The van der Waals surface area contributed by atoms with E-state index in [2.05, 4.69) is 10.6 Å². The Bertz CT molecular complexity index is 877. The van der Waals surface area contributed by atoms with Crippen LogP contribution in [0.15, 0.2) is 30.3 Å². The molecule has 0 bridgehead atoms. The summed E-state index contributed by atoms with van der Waals surface area (Å²) in [5.74, 6) is -1.37. The van der Waals surface area contributed by atoms with Crippen molar-refractivity contribution in [3.63, 3.8) is 0 Å². The molecule has 1 aliphatic heterocycles. The topological polar surface area (TPSA) is 114 Å². The zero-order valence-electron chi connectivity index (χ0n) is 20.4. The Labute approximate surface area is 211 Å². The maximum absolute atomic E-state index is 12.3. The lowest BCUT2D eigenvalue weighted by atomic mass is 10.1. The molecule has 10 heteroatoms. The normalized spacial score (nSPS) is 15.3. The van der Waals surface area contributed by atoms with Crippen LogP contribution >= 0.6 is 12.2 Å². The second-order valence-electron chi connectivity index (χ2n) is 8.77. The molecule has 192 valence electrons. The van der Waals surface area contributed by atoms with Crippen molar-refractivity contribution in [3.8, 4) is 0 Å². The smallest absolute Gasteiger partial charge is 0.308 e. The first kappa shape index (κ1) is 28.2. The van der Waals surface area contributed by atoms with Crippen LogP contribution in [0.4, 0.5) is 0 Å². The predicted octanol–water partition coefficient (Wildman–Crippen LogP) is 2.12. The van der Waals surface area contributed by atoms with Crippen molar-refractivity contribution in [2.45, 2.75) is 58.4 Å². The van der Waals surface area contributed by atoms with Crippen molar-refractivity contribution >= 4 is 41.1 Å². The lowest BCUT2D eigenvalue weighted by molar-refractivity contribution is -0.147. The van der Waals surface area contributed by atoms with Gasteiger partial charge in [-0.05, 0) is 43.0 Å². The number of piperazine rings is 1. The molecule has 1 saturated heterocycles. The number of amides is 2. The second kappa shape index (κ2) is 15.1. The van der Waals surface area contributed by atoms with E-state index in [1.165, 1.54) is 10.5 Å². The highest BCUT2D eigenvalue weighted by Crippen LogP contribution is 2.12. The van der Waals surface area contributed by atoms with E-state index in [9.17, 15) is 19.2 Å². The monoisotopic (exact) mass is 505 g/mol. The largest absolute Gasteiger partial charge is 0.466 e. The Morgan fingerprint density at radius 3 is 2.54 bits per heavy atom. The summed E-state index contributed by atoms with van der Waals surface area (Å²) in [6, 6.07) is 9.04. The maximum atomic E-state index is 12.3. The lowest BCUT2D eigenvalue weighted by Crippen LogP contribution is -2.60. The number of ether oxygens (including phenoxy) is 2. The standard InChI is InChI=1S/C25H35N3O6S/c1-18(2)12-16-34-23(31)17-20-24(32)26-13-14-28(20)25(35)27-21(29)10-11-22(30)33-15-6-9-19-7-4-3-5-8-19/h3-5,7-8,18,20H,6,9-17H2,1-2H3,(H,26,32)(H,27,29,35). The molecular weight excluding hydrogens is 470 g/mol. The molecule has 2 N–H and O–H groups in total. The lowest BCUT2D eigenvalue weighted by Gasteiger charge is -2.36. The molecule has 2 rings (SSSR count). The molecule has 1 atom stereocenters. The van der Waals surface area contributed by atoms with E-state index < -0.39 is 23.9 Å². The van der Waals surface area contributed by atoms with Crippen LogP contribution in [0, 0.1) is 5.92 Å². The number of hydrogen-bond donors (Lipinski definition) is 2. The highest BCUT2D eigenvalue weighted by Gasteiger charge is 2.34. The first-order chi connectivity index (χ1) is 16.8. The van der Waals surface area contributed by atoms with Crippen LogP contribution in [0.3, 0.4) is 0 Å². The molecule has 0 spiro atoms. The van der Waals surface area contributed by atoms with Crippen LogP contribution in [0.25, 0.3) is 0 Å². The van der Waals surface area contributed by atoms with Gasteiger partial charge in [-0.25, -0.2) is 0 Å². The van der Waals surface area contributed by atoms with E-state index in [-0.39, 0.29) is 43.5 Å². The van der Waals surface area contributed by atoms with Crippen molar-refractivity contribution in [1.29, 1.82) is 0 Å². The van der Waals surface area contributed by atoms with Gasteiger partial charge in [-0.2, -0.15) is 0 Å². The second-order valence-corrected chi connectivity index (χ2v) is 9.16. The van der Waals surface area contributed by atoms with Gasteiger partial charge < -0.3 is 25.0 Å². The third-order valence-corrected chi connectivity index (χ3v) is 5.76. The Kier molecular flexibility index (Phi) is 12.2. The number of rotatable bonds is 12. The fourth-order valence-corrected chi connectivity index (χ4v) is 3.77. The summed E-state index contributed by atoms with van der Waals surface area (Å²) >= 11 is 5.31. The molecule has 1 heterocycles. The number of carbonyl (C=O) groups excluding carboxylic acids is 4. The van der Waals surface area contributed by atoms with Gasteiger partial charge in [0.1, 0.15) is 6.04 Å². The van der Waals surface area contributed by atoms with Gasteiger partial charge in [-0.15, -0.1) is 0 Å². The first-order valence-corrected chi connectivity index (χ1v) is 12.4. The fourth-order valence-electron chi connectivity index (χ4n) is 3.43. The number of carbonyl (C=O) groups is 4. The number of hydrogen-bond acceptors (Lipinski definition) is 7. The minimum absolute atomic E-state index is 0.0426. The van der Waals surface area contributed by atoms with Crippen LogP contribution in [0.2, 0.25) is 0 Å². The van der Waals surface area contributed by atoms with E-state index in [1.54, 1.807) is 0 Å². The first-order valence-electron chi connectivity index (χ1n) is 12.0. The Balaban J connectivity index is 1.72. The summed E-state index contributed by atoms with van der Waals surface area (Å²) in [4.78, 5) is 50.3. The summed E-state index contributed by atoms with van der Waals surface area (Å²) in [6.07, 6.45) is 1.89. The fraction of sp³-hybridized carbons (Fsp3) is 0.560. The molecule has 0 aromatic heterocycles. The van der Waals surface area contributed by atoms with Gasteiger partial charge >= 0.3 is 11.9 Å². The van der Waals surface area contributed by atoms with E-state index >= 15 is 0 Å². The van der Waals surface area contributed by atoms with Crippen LogP contribution in [-0.2, 0) is 35.1 Å². The number of nitrogens with zero attached hydrogens (tertiary/aromatic N) is 1. The minimum atomic E-state index is -0.863. The molecule has 1 unspecified atom stereocenters. The zero-order valence-corrected chi connectivity index (χ0v) is 21.2. The van der Waals surface area contributed by atoms with Gasteiger partial charge in [0.15, 0.2) is 5.11 Å². The van der Waals surface area contributed by atoms with Crippen molar-refractivity contribution in [2.75, 3.05) is 26.3 Å². The summed E-state index contributed by atoms with van der Waals surface area (Å²) < 4.78 is 10.4. The number of nitrogens with one attached hydrogen (secondary N) is 2. The van der Waals surface area contributed by atoms with E-state index in [1.807, 2.05) is 44.2 Å². The third-order valence-electron chi connectivity index (χ3n) is 5.43. The number of benzene rings is 1. The predicted molar refractivity (Wildman–Crippen MR) is 134 cm³/mol. The molecule has 1 aliphatic rings. The molecule has 1 aromatic rings. The highest BCUT2D eigenvalue weighted by atomic mass is 32.1. The summed E-state index contributed by atoms with van der Waals surface area (Å²) in [5.41, 5.74) is 1.17. The van der Waals surface area contributed by atoms with Crippen molar-refractivity contribution in [2.24, 2.45) is 5.92 Å². The van der Waals surface area contributed by atoms with Gasteiger partial charge in [0.2, 0.25) is 11.8 Å². The number of aryl methyl sites for hydroxylation is 1. The molecule has 9 nitrogen and oxygen atoms in total. The van der Waals surface area contributed by atoms with E-state index in [4.69, 9.17) is 21.7 Å². The molecular formula is C25H35N3O6S. The summed E-state index contributed by atoms with van der Waals surface area (Å²) in [7, 11) is 0. The number of thiocarbonyl (C=S) groups is 1. The van der Waals surface area contributed by atoms with Gasteiger partial charge in [0.25, 0.3) is 0 Å². The van der Waals surface area contributed by atoms with Crippen molar-refractivity contribution in [3.05, 3.63) is 35.9 Å². The maximum Gasteiger partial charge on any atom is 0.308 e. The third kappa shape index (κ3) is 10.9. The Morgan fingerprint density at radius 2 is 1.83 bits per heavy atom. The van der Waals surface area contributed by atoms with Crippen LogP contribution < -0.4 is 10.6 Å². The zero-order chi connectivity index (χ0) is 25.6.